The second-order valence-corrected chi connectivity index (χ2v) is 3.68. The zero-order valence-electron chi connectivity index (χ0n) is 9.78. The molecule has 0 spiro atoms. The van der Waals surface area contributed by atoms with Crippen LogP contribution in [0.4, 0.5) is 0 Å². The van der Waals surface area contributed by atoms with E-state index in [0.29, 0.717) is 34.8 Å². The lowest BCUT2D eigenvalue weighted by molar-refractivity contribution is 0.394. The van der Waals surface area contributed by atoms with Crippen LogP contribution in [0.2, 0.25) is 0 Å². The number of rotatable bonds is 2. The average molecular weight is 243 g/mol. The van der Waals surface area contributed by atoms with Crippen molar-refractivity contribution in [1.29, 1.82) is 0 Å². The molecule has 0 saturated heterocycles. The molecule has 0 unspecified atom stereocenters. The molecule has 0 amide bonds. The van der Waals surface area contributed by atoms with Crippen LogP contribution in [0.3, 0.4) is 0 Å². The van der Waals surface area contributed by atoms with E-state index in [4.69, 9.17) is 9.05 Å². The van der Waals surface area contributed by atoms with E-state index in [2.05, 4.69) is 25.3 Å². The minimum atomic E-state index is 0.439. The summed E-state index contributed by atoms with van der Waals surface area (Å²) in [6.45, 7) is 3.45. The number of nitrogens with zero attached hydrogens (tertiary/aromatic N) is 5. The molecule has 7 heteroatoms. The van der Waals surface area contributed by atoms with Crippen LogP contribution in [0, 0.1) is 13.8 Å². The van der Waals surface area contributed by atoms with E-state index < -0.39 is 0 Å². The van der Waals surface area contributed by atoms with E-state index in [0.717, 1.165) is 0 Å². The molecule has 90 valence electrons. The van der Waals surface area contributed by atoms with Crippen LogP contribution in [-0.2, 0) is 0 Å². The molecule has 0 aliphatic heterocycles. The Labute approximate surface area is 102 Å². The third-order valence-electron chi connectivity index (χ3n) is 2.26. The zero-order chi connectivity index (χ0) is 12.5. The maximum absolute atomic E-state index is 4.92. The van der Waals surface area contributed by atoms with Crippen molar-refractivity contribution in [2.75, 3.05) is 0 Å². The molecular formula is C11H9N5O2. The largest absolute Gasteiger partial charge is 0.339 e. The number of aromatic nitrogens is 5. The molecule has 0 aliphatic rings. The number of hydrogen-bond donors (Lipinski definition) is 0. The Bertz CT molecular complexity index is 633. The van der Waals surface area contributed by atoms with Crippen molar-refractivity contribution in [3.63, 3.8) is 0 Å². The van der Waals surface area contributed by atoms with Crippen LogP contribution in [0.15, 0.2) is 27.2 Å². The summed E-state index contributed by atoms with van der Waals surface area (Å²) in [5, 5.41) is 7.63. The monoisotopic (exact) mass is 243 g/mol. The van der Waals surface area contributed by atoms with Crippen LogP contribution in [0.25, 0.3) is 23.0 Å². The normalized spacial score (nSPS) is 10.8. The topological polar surface area (TPSA) is 90.7 Å². The predicted molar refractivity (Wildman–Crippen MR) is 60.3 cm³/mol. The van der Waals surface area contributed by atoms with E-state index in [-0.39, 0.29) is 0 Å². The maximum atomic E-state index is 4.92. The Kier molecular flexibility index (Phi) is 2.36. The summed E-state index contributed by atoms with van der Waals surface area (Å²) in [4.78, 5) is 12.6. The van der Waals surface area contributed by atoms with E-state index in [1.54, 1.807) is 26.0 Å². The van der Waals surface area contributed by atoms with Gasteiger partial charge in [0.1, 0.15) is 11.4 Å². The highest BCUT2D eigenvalue weighted by molar-refractivity contribution is 5.56. The first kappa shape index (κ1) is 10.6. The van der Waals surface area contributed by atoms with E-state index in [1.165, 1.54) is 0 Å². The summed E-state index contributed by atoms with van der Waals surface area (Å²) < 4.78 is 9.84. The van der Waals surface area contributed by atoms with Gasteiger partial charge in [0.2, 0.25) is 23.4 Å². The summed E-state index contributed by atoms with van der Waals surface area (Å²) in [6, 6.07) is 5.41. The minimum Gasteiger partial charge on any atom is -0.339 e. The Morgan fingerprint density at radius 3 is 1.67 bits per heavy atom. The number of hydrogen-bond acceptors (Lipinski definition) is 7. The summed E-state index contributed by atoms with van der Waals surface area (Å²) in [5.41, 5.74) is 1.21. The molecule has 0 N–H and O–H groups in total. The first-order chi connectivity index (χ1) is 8.72. The van der Waals surface area contributed by atoms with Crippen LogP contribution < -0.4 is 0 Å². The Morgan fingerprint density at radius 1 is 0.778 bits per heavy atom. The van der Waals surface area contributed by atoms with Crippen molar-refractivity contribution in [3.8, 4) is 23.0 Å². The van der Waals surface area contributed by atoms with Gasteiger partial charge in [0.15, 0.2) is 0 Å². The van der Waals surface area contributed by atoms with Gasteiger partial charge < -0.3 is 9.05 Å². The summed E-state index contributed by atoms with van der Waals surface area (Å²) in [5.74, 6) is 1.87. The van der Waals surface area contributed by atoms with E-state index in [9.17, 15) is 0 Å². The van der Waals surface area contributed by atoms with E-state index >= 15 is 0 Å². The quantitative estimate of drug-likeness (QED) is 0.677. The lowest BCUT2D eigenvalue weighted by Gasteiger charge is -1.96. The fourth-order valence-corrected chi connectivity index (χ4v) is 1.49. The van der Waals surface area contributed by atoms with Crippen molar-refractivity contribution >= 4 is 0 Å². The molecule has 3 heterocycles. The first-order valence-electron chi connectivity index (χ1n) is 5.31. The lowest BCUT2D eigenvalue weighted by atomic mass is 10.3. The highest BCUT2D eigenvalue weighted by atomic mass is 16.5. The van der Waals surface area contributed by atoms with Gasteiger partial charge in [-0.25, -0.2) is 4.98 Å². The minimum absolute atomic E-state index is 0.439. The molecular weight excluding hydrogens is 234 g/mol. The zero-order valence-corrected chi connectivity index (χ0v) is 9.78. The molecule has 0 atom stereocenters. The van der Waals surface area contributed by atoms with Gasteiger partial charge in [-0.05, 0) is 12.1 Å². The molecule has 3 rings (SSSR count). The summed E-state index contributed by atoms with van der Waals surface area (Å²) in [6.07, 6.45) is 0. The van der Waals surface area contributed by atoms with Crippen molar-refractivity contribution in [3.05, 3.63) is 30.0 Å². The van der Waals surface area contributed by atoms with Gasteiger partial charge >= 0.3 is 0 Å². The van der Waals surface area contributed by atoms with Gasteiger partial charge in [-0.1, -0.05) is 16.4 Å². The fourth-order valence-electron chi connectivity index (χ4n) is 1.49. The van der Waals surface area contributed by atoms with Crippen molar-refractivity contribution in [2.45, 2.75) is 13.8 Å². The lowest BCUT2D eigenvalue weighted by Crippen LogP contribution is -1.90. The predicted octanol–water partition coefficient (Wildman–Crippen LogP) is 1.80. The van der Waals surface area contributed by atoms with Crippen molar-refractivity contribution in [1.82, 2.24) is 25.3 Å². The number of aryl methyl sites for hydroxylation is 2. The van der Waals surface area contributed by atoms with Crippen LogP contribution in [-0.4, -0.2) is 25.3 Å². The third kappa shape index (κ3) is 1.86. The number of pyridine rings is 1. The Hall–Kier alpha value is -2.57. The molecule has 0 bridgehead atoms. The molecule has 0 fully saturated rings. The summed E-state index contributed by atoms with van der Waals surface area (Å²) >= 11 is 0. The molecule has 18 heavy (non-hydrogen) atoms. The standard InChI is InChI=1S/C11H9N5O2/c1-6-12-10(15-17-6)8-4-3-5-9(14-8)11-13-7(2)18-16-11/h3-5H,1-2H3. The molecule has 7 nitrogen and oxygen atoms in total. The van der Waals surface area contributed by atoms with Crippen LogP contribution in [0.1, 0.15) is 11.8 Å². The SMILES string of the molecule is Cc1nc(-c2cccc(-c3noc(C)n3)n2)no1. The molecule has 0 saturated carbocycles. The summed E-state index contributed by atoms with van der Waals surface area (Å²) in [7, 11) is 0. The Balaban J connectivity index is 2.04. The molecule has 3 aromatic rings. The highest BCUT2D eigenvalue weighted by Crippen LogP contribution is 2.18. The van der Waals surface area contributed by atoms with Crippen molar-refractivity contribution in [2.24, 2.45) is 0 Å². The highest BCUT2D eigenvalue weighted by Gasteiger charge is 2.11. The molecule has 0 aliphatic carbocycles. The van der Waals surface area contributed by atoms with Crippen molar-refractivity contribution < 1.29 is 9.05 Å². The van der Waals surface area contributed by atoms with Gasteiger partial charge in [-0.3, -0.25) is 0 Å². The second-order valence-electron chi connectivity index (χ2n) is 3.68. The van der Waals surface area contributed by atoms with Gasteiger partial charge in [-0.2, -0.15) is 9.97 Å². The third-order valence-corrected chi connectivity index (χ3v) is 2.26. The molecule has 0 radical (unpaired) electrons. The van der Waals surface area contributed by atoms with Gasteiger partial charge in [0.05, 0.1) is 0 Å². The molecule has 3 aromatic heterocycles. The second kappa shape index (κ2) is 4.02. The smallest absolute Gasteiger partial charge is 0.223 e. The van der Waals surface area contributed by atoms with Gasteiger partial charge in [-0.15, -0.1) is 0 Å². The van der Waals surface area contributed by atoms with Crippen LogP contribution >= 0.6 is 0 Å². The maximum Gasteiger partial charge on any atom is 0.223 e. The molecule has 0 aromatic carbocycles. The fraction of sp³-hybridized carbons (Fsp3) is 0.182. The van der Waals surface area contributed by atoms with E-state index in [1.807, 2.05) is 6.07 Å². The van der Waals surface area contributed by atoms with Gasteiger partial charge in [0.25, 0.3) is 0 Å². The average Bonchev–Trinajstić information content (AvgIpc) is 2.98. The Morgan fingerprint density at radius 2 is 1.28 bits per heavy atom. The first-order valence-corrected chi connectivity index (χ1v) is 5.31. The van der Waals surface area contributed by atoms with Gasteiger partial charge in [0, 0.05) is 13.8 Å². The van der Waals surface area contributed by atoms with Crippen LogP contribution in [0.5, 0.6) is 0 Å².